The molecule has 0 rings (SSSR count). The summed E-state index contributed by atoms with van der Waals surface area (Å²) in [6.45, 7) is 1.25. The number of hydrogen-bond acceptors (Lipinski definition) is 9. The summed E-state index contributed by atoms with van der Waals surface area (Å²) in [5, 5.41) is 26.0. The van der Waals surface area contributed by atoms with Crippen LogP contribution in [0.2, 0.25) is 0 Å². The van der Waals surface area contributed by atoms with Gasteiger partial charge in [-0.2, -0.15) is 0 Å². The first-order valence-electron chi connectivity index (χ1n) is 18.2. The Bertz CT molecular complexity index is 906. The van der Waals surface area contributed by atoms with Crippen molar-refractivity contribution in [2.24, 2.45) is 5.73 Å². The van der Waals surface area contributed by atoms with E-state index in [1.165, 1.54) is 44.9 Å². The lowest BCUT2D eigenvalue weighted by molar-refractivity contribution is -0.142. The van der Waals surface area contributed by atoms with Gasteiger partial charge < -0.3 is 41.4 Å². The standard InChI is InChI=1S/C35H63N4O10/c36-29(27-40)17-15-16-22-37-33(43)28-49-26-25-48-24-23-38-31(41)21-20-30(35(46)47)39-32(42)18-13-11-9-7-5-3-1-2-4-6-8-10-12-14-19-34(44)45/h29-30H,1-26,28,36H2,(H,37,43)(H,38,41)(H,39,42)(H,44,45)(H,46,47)/t29-,30-/m0/s1. The van der Waals surface area contributed by atoms with E-state index in [1.54, 1.807) is 6.29 Å². The van der Waals surface area contributed by atoms with Crippen molar-refractivity contribution >= 4 is 35.9 Å². The summed E-state index contributed by atoms with van der Waals surface area (Å²) in [5.41, 5.74) is 5.45. The van der Waals surface area contributed by atoms with E-state index < -0.39 is 24.0 Å². The summed E-state index contributed by atoms with van der Waals surface area (Å²) in [6.07, 6.45) is 19.3. The van der Waals surface area contributed by atoms with Gasteiger partial charge in [-0.25, -0.2) is 4.79 Å². The van der Waals surface area contributed by atoms with Crippen LogP contribution in [-0.4, -0.2) is 97.8 Å². The lowest BCUT2D eigenvalue weighted by Gasteiger charge is -2.14. The number of aliphatic carboxylic acids is 2. The smallest absolute Gasteiger partial charge is 0.326 e. The molecule has 0 saturated carbocycles. The molecule has 0 fully saturated rings. The van der Waals surface area contributed by atoms with Gasteiger partial charge in [-0.15, -0.1) is 0 Å². The van der Waals surface area contributed by atoms with Crippen molar-refractivity contribution in [3.63, 3.8) is 0 Å². The second-order valence-corrected chi connectivity index (χ2v) is 12.4. The van der Waals surface area contributed by atoms with E-state index in [9.17, 15) is 33.9 Å². The van der Waals surface area contributed by atoms with Crippen LogP contribution < -0.4 is 21.7 Å². The van der Waals surface area contributed by atoms with Crippen LogP contribution in [0, 0.1) is 0 Å². The highest BCUT2D eigenvalue weighted by Gasteiger charge is 2.20. The van der Waals surface area contributed by atoms with Gasteiger partial charge in [-0.05, 0) is 38.5 Å². The maximum atomic E-state index is 12.3. The maximum Gasteiger partial charge on any atom is 0.326 e. The predicted molar refractivity (Wildman–Crippen MR) is 185 cm³/mol. The summed E-state index contributed by atoms with van der Waals surface area (Å²) >= 11 is 0. The van der Waals surface area contributed by atoms with Gasteiger partial charge >= 0.3 is 11.9 Å². The summed E-state index contributed by atoms with van der Waals surface area (Å²) in [5.74, 6) is -2.80. The minimum Gasteiger partial charge on any atom is -0.481 e. The number of rotatable bonds is 36. The molecule has 7 N–H and O–H groups in total. The Morgan fingerprint density at radius 1 is 0.571 bits per heavy atom. The third-order valence-electron chi connectivity index (χ3n) is 7.93. The Kier molecular flexibility index (Phi) is 31.3. The molecule has 1 radical (unpaired) electrons. The van der Waals surface area contributed by atoms with Crippen molar-refractivity contribution in [3.05, 3.63) is 0 Å². The molecule has 2 atom stereocenters. The number of carbonyl (C=O) groups excluding carboxylic acids is 4. The lowest BCUT2D eigenvalue weighted by Crippen LogP contribution is -2.41. The third-order valence-corrected chi connectivity index (χ3v) is 7.93. The molecule has 0 aromatic carbocycles. The summed E-state index contributed by atoms with van der Waals surface area (Å²) in [4.78, 5) is 68.5. The maximum absolute atomic E-state index is 12.3. The minimum absolute atomic E-state index is 0.0126. The van der Waals surface area contributed by atoms with Crippen molar-refractivity contribution < 1.29 is 48.5 Å². The Balaban J connectivity index is 3.68. The molecule has 0 aromatic heterocycles. The molecule has 0 aliphatic carbocycles. The first-order valence-corrected chi connectivity index (χ1v) is 18.2. The molecule has 3 amide bonds. The van der Waals surface area contributed by atoms with Crippen LogP contribution in [0.15, 0.2) is 0 Å². The van der Waals surface area contributed by atoms with Crippen molar-refractivity contribution in [2.75, 3.05) is 39.5 Å². The number of carboxylic acid groups (broad SMARTS) is 2. The number of nitrogens with one attached hydrogen (secondary N) is 3. The van der Waals surface area contributed by atoms with Crippen LogP contribution in [0.1, 0.15) is 135 Å². The Morgan fingerprint density at radius 2 is 1.10 bits per heavy atom. The van der Waals surface area contributed by atoms with Crippen LogP contribution in [-0.2, 0) is 38.2 Å². The van der Waals surface area contributed by atoms with Gasteiger partial charge in [0.25, 0.3) is 0 Å². The highest BCUT2D eigenvalue weighted by Crippen LogP contribution is 2.14. The molecule has 0 aromatic rings. The average molecular weight is 700 g/mol. The molecular formula is C35H63N4O10. The van der Waals surface area contributed by atoms with Crippen LogP contribution in [0.25, 0.3) is 0 Å². The largest absolute Gasteiger partial charge is 0.481 e. The molecule has 0 saturated heterocycles. The molecule has 14 nitrogen and oxygen atoms in total. The van der Waals surface area contributed by atoms with Gasteiger partial charge in [0.15, 0.2) is 0 Å². The fourth-order valence-corrected chi connectivity index (χ4v) is 5.05. The molecule has 0 bridgehead atoms. The number of nitrogens with two attached hydrogens (primary N) is 1. The van der Waals surface area contributed by atoms with Crippen molar-refractivity contribution in [1.82, 2.24) is 16.0 Å². The van der Waals surface area contributed by atoms with Crippen molar-refractivity contribution in [1.29, 1.82) is 0 Å². The third kappa shape index (κ3) is 33.2. The monoisotopic (exact) mass is 699 g/mol. The van der Waals surface area contributed by atoms with E-state index in [-0.39, 0.29) is 76.4 Å². The number of ether oxygens (including phenoxy) is 2. The van der Waals surface area contributed by atoms with Crippen molar-refractivity contribution in [2.45, 2.75) is 147 Å². The van der Waals surface area contributed by atoms with E-state index >= 15 is 0 Å². The number of amides is 3. The topological polar surface area (TPSA) is 223 Å². The van der Waals surface area contributed by atoms with Crippen LogP contribution >= 0.6 is 0 Å². The Labute approximate surface area is 292 Å². The zero-order valence-electron chi connectivity index (χ0n) is 29.5. The van der Waals surface area contributed by atoms with Crippen LogP contribution in [0.5, 0.6) is 0 Å². The van der Waals surface area contributed by atoms with Gasteiger partial charge in [-0.1, -0.05) is 77.0 Å². The predicted octanol–water partition coefficient (Wildman–Crippen LogP) is 3.54. The van der Waals surface area contributed by atoms with E-state index in [0.29, 0.717) is 32.2 Å². The second kappa shape index (κ2) is 33.4. The quantitative estimate of drug-likeness (QED) is 0.0519. The Morgan fingerprint density at radius 3 is 1.65 bits per heavy atom. The fraction of sp³-hybridized carbons (Fsp3) is 0.829. The fourth-order valence-electron chi connectivity index (χ4n) is 5.05. The zero-order valence-corrected chi connectivity index (χ0v) is 29.5. The summed E-state index contributed by atoms with van der Waals surface area (Å²) < 4.78 is 10.6. The molecule has 14 heteroatoms. The number of carboxylic acids is 2. The number of hydrogen-bond donors (Lipinski definition) is 6. The van der Waals surface area contributed by atoms with Gasteiger partial charge in [0.05, 0.1) is 25.9 Å². The first-order chi connectivity index (χ1) is 23.6. The highest BCUT2D eigenvalue weighted by molar-refractivity contribution is 5.84. The summed E-state index contributed by atoms with van der Waals surface area (Å²) in [7, 11) is 0. The van der Waals surface area contributed by atoms with Gasteiger partial charge in [0.1, 0.15) is 12.6 Å². The number of unbranched alkanes of at least 4 members (excludes halogenated alkanes) is 14. The second-order valence-electron chi connectivity index (χ2n) is 12.4. The molecular weight excluding hydrogens is 636 g/mol. The van der Waals surface area contributed by atoms with E-state index in [1.807, 2.05) is 0 Å². The highest BCUT2D eigenvalue weighted by atomic mass is 16.5. The van der Waals surface area contributed by atoms with Gasteiger partial charge in [-0.3, -0.25) is 24.0 Å². The van der Waals surface area contributed by atoms with Gasteiger partial charge in [0.2, 0.25) is 24.0 Å². The molecule has 0 heterocycles. The molecule has 0 aliphatic heterocycles. The Hall–Kier alpha value is -3.10. The minimum atomic E-state index is -1.17. The lowest BCUT2D eigenvalue weighted by atomic mass is 10.0. The van der Waals surface area contributed by atoms with Crippen LogP contribution in [0.4, 0.5) is 0 Å². The zero-order chi connectivity index (χ0) is 36.4. The number of carbonyl (C=O) groups is 5. The molecule has 283 valence electrons. The van der Waals surface area contributed by atoms with Crippen LogP contribution in [0.3, 0.4) is 0 Å². The molecule has 0 spiro atoms. The molecule has 49 heavy (non-hydrogen) atoms. The SMILES string of the molecule is N[C@H]([C]=O)CCCCNC(=O)COCCOCCNC(=O)CC[C@H](NC(=O)CCCCCCCCCCCCCCCCC(=O)O)C(=O)O. The van der Waals surface area contributed by atoms with E-state index in [2.05, 4.69) is 16.0 Å². The molecule has 0 aliphatic rings. The normalized spacial score (nSPS) is 12.2. The van der Waals surface area contributed by atoms with E-state index in [4.69, 9.17) is 20.3 Å². The first kappa shape index (κ1) is 45.9. The average Bonchev–Trinajstić information content (AvgIpc) is 3.06. The summed E-state index contributed by atoms with van der Waals surface area (Å²) in [6, 6.07) is -1.71. The molecule has 0 unspecified atom stereocenters. The van der Waals surface area contributed by atoms with Gasteiger partial charge in [0, 0.05) is 32.4 Å². The van der Waals surface area contributed by atoms with Crippen molar-refractivity contribution in [3.8, 4) is 0 Å². The van der Waals surface area contributed by atoms with E-state index in [0.717, 1.165) is 38.5 Å².